The van der Waals surface area contributed by atoms with Crippen LogP contribution in [0.1, 0.15) is 30.6 Å². The van der Waals surface area contributed by atoms with E-state index in [0.717, 1.165) is 5.75 Å². The molecular weight excluding hydrogens is 192 g/mol. The molecule has 1 aliphatic heterocycles. The Bertz CT molecular complexity index is 382. The van der Waals surface area contributed by atoms with E-state index >= 15 is 0 Å². The summed E-state index contributed by atoms with van der Waals surface area (Å²) in [6, 6.07) is 5.33. The van der Waals surface area contributed by atoms with Crippen LogP contribution in [0, 0.1) is 5.92 Å². The fourth-order valence-electron chi connectivity index (χ4n) is 1.56. The molecule has 0 aliphatic carbocycles. The lowest BCUT2D eigenvalue weighted by Crippen LogP contribution is -2.03. The highest BCUT2D eigenvalue weighted by Gasteiger charge is 2.16. The minimum absolute atomic E-state index is 0.156. The number of ether oxygens (including phenoxy) is 2. The summed E-state index contributed by atoms with van der Waals surface area (Å²) in [7, 11) is 0. The number of ketones is 1. The van der Waals surface area contributed by atoms with Crippen LogP contribution in [0.4, 0.5) is 0 Å². The van der Waals surface area contributed by atoms with Gasteiger partial charge in [-0.2, -0.15) is 0 Å². The summed E-state index contributed by atoms with van der Waals surface area (Å²) >= 11 is 0. The number of hydrogen-bond acceptors (Lipinski definition) is 3. The van der Waals surface area contributed by atoms with Gasteiger partial charge < -0.3 is 9.47 Å². The standard InChI is InChI=1S/C12H14O3/c1-8(2)5-10(13)9-3-4-11-12(6-9)15-7-14-11/h3-4,6,8H,5,7H2,1-2H3. The van der Waals surface area contributed by atoms with Crippen LogP contribution in [0.15, 0.2) is 18.2 Å². The molecule has 0 unspecified atom stereocenters. The Morgan fingerprint density at radius 1 is 1.33 bits per heavy atom. The maximum Gasteiger partial charge on any atom is 0.231 e. The third-order valence-electron chi connectivity index (χ3n) is 2.29. The van der Waals surface area contributed by atoms with Gasteiger partial charge >= 0.3 is 0 Å². The molecule has 2 rings (SSSR count). The van der Waals surface area contributed by atoms with Crippen LogP contribution in [-0.4, -0.2) is 12.6 Å². The zero-order valence-electron chi connectivity index (χ0n) is 8.95. The summed E-state index contributed by atoms with van der Waals surface area (Å²) in [4.78, 5) is 11.8. The Morgan fingerprint density at radius 3 is 2.80 bits per heavy atom. The van der Waals surface area contributed by atoms with Gasteiger partial charge in [0.15, 0.2) is 17.3 Å². The van der Waals surface area contributed by atoms with E-state index in [-0.39, 0.29) is 12.6 Å². The van der Waals surface area contributed by atoms with Crippen molar-refractivity contribution in [2.75, 3.05) is 6.79 Å². The zero-order chi connectivity index (χ0) is 10.8. The quantitative estimate of drug-likeness (QED) is 0.713. The fourth-order valence-corrected chi connectivity index (χ4v) is 1.56. The van der Waals surface area contributed by atoms with Crippen LogP contribution >= 0.6 is 0 Å². The average Bonchev–Trinajstić information content (AvgIpc) is 2.62. The molecule has 15 heavy (non-hydrogen) atoms. The predicted octanol–water partition coefficient (Wildman–Crippen LogP) is 2.64. The molecule has 0 spiro atoms. The van der Waals surface area contributed by atoms with Crippen LogP contribution in [-0.2, 0) is 0 Å². The number of benzene rings is 1. The molecular formula is C12H14O3. The maximum atomic E-state index is 11.8. The Labute approximate surface area is 89.0 Å². The smallest absolute Gasteiger partial charge is 0.231 e. The van der Waals surface area contributed by atoms with E-state index in [4.69, 9.17) is 9.47 Å². The first-order valence-electron chi connectivity index (χ1n) is 5.09. The van der Waals surface area contributed by atoms with Crippen LogP contribution in [0.3, 0.4) is 0 Å². The SMILES string of the molecule is CC(C)CC(=O)c1ccc2c(c1)OCO2. The number of hydrogen-bond donors (Lipinski definition) is 0. The first-order valence-corrected chi connectivity index (χ1v) is 5.09. The molecule has 80 valence electrons. The Balaban J connectivity index is 2.19. The third kappa shape index (κ3) is 2.12. The van der Waals surface area contributed by atoms with Gasteiger partial charge in [0.25, 0.3) is 0 Å². The van der Waals surface area contributed by atoms with Gasteiger partial charge in [0, 0.05) is 12.0 Å². The first kappa shape index (κ1) is 10.0. The molecule has 1 aromatic rings. The van der Waals surface area contributed by atoms with E-state index in [1.807, 2.05) is 13.8 Å². The van der Waals surface area contributed by atoms with E-state index in [1.54, 1.807) is 18.2 Å². The second kappa shape index (κ2) is 3.93. The molecule has 0 bridgehead atoms. The van der Waals surface area contributed by atoms with Gasteiger partial charge in [0.2, 0.25) is 6.79 Å². The van der Waals surface area contributed by atoms with E-state index in [1.165, 1.54) is 0 Å². The summed E-state index contributed by atoms with van der Waals surface area (Å²) in [6.07, 6.45) is 0.569. The molecule has 1 aliphatic rings. The van der Waals surface area contributed by atoms with Gasteiger partial charge in [-0.15, -0.1) is 0 Å². The van der Waals surface area contributed by atoms with E-state index in [9.17, 15) is 4.79 Å². The van der Waals surface area contributed by atoms with Gasteiger partial charge in [-0.05, 0) is 24.1 Å². The second-order valence-electron chi connectivity index (χ2n) is 4.09. The third-order valence-corrected chi connectivity index (χ3v) is 2.29. The molecule has 3 heteroatoms. The van der Waals surface area contributed by atoms with Crippen LogP contribution < -0.4 is 9.47 Å². The summed E-state index contributed by atoms with van der Waals surface area (Å²) in [5.41, 5.74) is 0.702. The number of fused-ring (bicyclic) bond motifs is 1. The van der Waals surface area contributed by atoms with Crippen LogP contribution in [0.25, 0.3) is 0 Å². The summed E-state index contributed by atoms with van der Waals surface area (Å²) < 4.78 is 10.4. The molecule has 0 radical (unpaired) electrons. The van der Waals surface area contributed by atoms with Gasteiger partial charge in [-0.1, -0.05) is 13.8 Å². The Hall–Kier alpha value is -1.51. The molecule has 0 saturated carbocycles. The van der Waals surface area contributed by atoms with Crippen molar-refractivity contribution in [3.63, 3.8) is 0 Å². The number of carbonyl (C=O) groups excluding carboxylic acids is 1. The maximum absolute atomic E-state index is 11.8. The van der Waals surface area contributed by atoms with Crippen molar-refractivity contribution in [2.45, 2.75) is 20.3 Å². The van der Waals surface area contributed by atoms with Gasteiger partial charge in [-0.25, -0.2) is 0 Å². The highest BCUT2D eigenvalue weighted by Crippen LogP contribution is 2.32. The number of Topliss-reactive ketones (excluding diaryl/α,β-unsaturated/α-hetero) is 1. The molecule has 1 aromatic carbocycles. The fraction of sp³-hybridized carbons (Fsp3) is 0.417. The van der Waals surface area contributed by atoms with Crippen molar-refractivity contribution < 1.29 is 14.3 Å². The number of carbonyl (C=O) groups is 1. The van der Waals surface area contributed by atoms with Crippen molar-refractivity contribution in [1.82, 2.24) is 0 Å². The number of rotatable bonds is 3. The Kier molecular flexibility index (Phi) is 2.62. The van der Waals surface area contributed by atoms with E-state index < -0.39 is 0 Å². The van der Waals surface area contributed by atoms with E-state index in [0.29, 0.717) is 23.7 Å². The largest absolute Gasteiger partial charge is 0.454 e. The topological polar surface area (TPSA) is 35.5 Å². The van der Waals surface area contributed by atoms with Crippen LogP contribution in [0.2, 0.25) is 0 Å². The minimum Gasteiger partial charge on any atom is -0.454 e. The molecule has 3 nitrogen and oxygen atoms in total. The van der Waals surface area contributed by atoms with Crippen LogP contribution in [0.5, 0.6) is 11.5 Å². The van der Waals surface area contributed by atoms with Gasteiger partial charge in [0.05, 0.1) is 0 Å². The summed E-state index contributed by atoms with van der Waals surface area (Å²) in [6.45, 7) is 4.31. The molecule has 0 saturated heterocycles. The zero-order valence-corrected chi connectivity index (χ0v) is 8.95. The molecule has 0 aromatic heterocycles. The predicted molar refractivity (Wildman–Crippen MR) is 56.4 cm³/mol. The highest BCUT2D eigenvalue weighted by molar-refractivity contribution is 5.96. The second-order valence-corrected chi connectivity index (χ2v) is 4.09. The average molecular weight is 206 g/mol. The van der Waals surface area contributed by atoms with Crippen molar-refractivity contribution in [3.05, 3.63) is 23.8 Å². The normalized spacial score (nSPS) is 13.3. The minimum atomic E-state index is 0.156. The van der Waals surface area contributed by atoms with E-state index in [2.05, 4.69) is 0 Å². The lowest BCUT2D eigenvalue weighted by molar-refractivity contribution is 0.0967. The van der Waals surface area contributed by atoms with Crippen molar-refractivity contribution >= 4 is 5.78 Å². The molecule has 0 N–H and O–H groups in total. The molecule has 1 heterocycles. The Morgan fingerprint density at radius 2 is 2.07 bits per heavy atom. The van der Waals surface area contributed by atoms with Gasteiger partial charge in [0.1, 0.15) is 0 Å². The lowest BCUT2D eigenvalue weighted by atomic mass is 10.0. The van der Waals surface area contributed by atoms with Crippen molar-refractivity contribution in [3.8, 4) is 11.5 Å². The highest BCUT2D eigenvalue weighted by atomic mass is 16.7. The lowest BCUT2D eigenvalue weighted by Gasteiger charge is -2.04. The summed E-state index contributed by atoms with van der Waals surface area (Å²) in [5, 5.41) is 0. The van der Waals surface area contributed by atoms with Crippen molar-refractivity contribution in [1.29, 1.82) is 0 Å². The molecule has 0 atom stereocenters. The molecule has 0 fully saturated rings. The van der Waals surface area contributed by atoms with Crippen molar-refractivity contribution in [2.24, 2.45) is 5.92 Å². The van der Waals surface area contributed by atoms with Gasteiger partial charge in [-0.3, -0.25) is 4.79 Å². The first-order chi connectivity index (χ1) is 7.16. The molecule has 0 amide bonds. The summed E-state index contributed by atoms with van der Waals surface area (Å²) in [5.74, 6) is 1.92. The monoisotopic (exact) mass is 206 g/mol.